The molecule has 0 aromatic heterocycles. The molecule has 25 heavy (non-hydrogen) atoms. The number of benzene rings is 2. The summed E-state index contributed by atoms with van der Waals surface area (Å²) in [4.78, 5) is 26.3. The van der Waals surface area contributed by atoms with Crippen LogP contribution in [0.1, 0.15) is 34.3 Å². The van der Waals surface area contributed by atoms with E-state index in [1.165, 1.54) is 0 Å². The fourth-order valence-electron chi connectivity index (χ4n) is 3.04. The topological polar surface area (TPSA) is 75.4 Å². The molecule has 1 heterocycles. The number of nitrogens with zero attached hydrogens (tertiary/aromatic N) is 1. The minimum Gasteiger partial charge on any atom is -0.334 e. The van der Waals surface area contributed by atoms with Gasteiger partial charge in [-0.15, -0.1) is 0 Å². The number of nitrogens with two attached hydrogens (primary N) is 1. The van der Waals surface area contributed by atoms with Gasteiger partial charge in [0.05, 0.1) is 0 Å². The average molecular weight is 337 g/mol. The van der Waals surface area contributed by atoms with Gasteiger partial charge >= 0.3 is 0 Å². The summed E-state index contributed by atoms with van der Waals surface area (Å²) in [7, 11) is 0. The Balaban J connectivity index is 1.80. The van der Waals surface area contributed by atoms with Gasteiger partial charge in [-0.05, 0) is 48.7 Å². The summed E-state index contributed by atoms with van der Waals surface area (Å²) in [5.74, 6) is 0.0252. The Morgan fingerprint density at radius 1 is 1.12 bits per heavy atom. The second kappa shape index (κ2) is 7.94. The Bertz CT molecular complexity index is 759. The van der Waals surface area contributed by atoms with Crippen molar-refractivity contribution in [2.45, 2.75) is 25.8 Å². The molecular formula is C20H23N3O2. The van der Waals surface area contributed by atoms with Crippen LogP contribution in [0.5, 0.6) is 0 Å². The molecular weight excluding hydrogens is 314 g/mol. The van der Waals surface area contributed by atoms with Crippen LogP contribution in [0.15, 0.2) is 48.5 Å². The van der Waals surface area contributed by atoms with E-state index in [0.29, 0.717) is 38.0 Å². The van der Waals surface area contributed by atoms with Crippen LogP contribution < -0.4 is 11.1 Å². The smallest absolute Gasteiger partial charge is 0.254 e. The van der Waals surface area contributed by atoms with Crippen LogP contribution in [0.25, 0.3) is 0 Å². The monoisotopic (exact) mass is 337 g/mol. The van der Waals surface area contributed by atoms with Gasteiger partial charge in [-0.2, -0.15) is 0 Å². The minimum atomic E-state index is -0.00277. The van der Waals surface area contributed by atoms with Crippen LogP contribution in [0.2, 0.25) is 0 Å². The molecule has 5 heteroatoms. The molecule has 130 valence electrons. The Morgan fingerprint density at radius 3 is 2.68 bits per heavy atom. The Hall–Kier alpha value is -2.66. The van der Waals surface area contributed by atoms with Crippen LogP contribution in [-0.4, -0.2) is 29.8 Å². The number of hydrogen-bond donors (Lipinski definition) is 2. The second-order valence-electron chi connectivity index (χ2n) is 6.27. The predicted molar refractivity (Wildman–Crippen MR) is 98.2 cm³/mol. The molecule has 0 bridgehead atoms. The number of hydrogen-bond acceptors (Lipinski definition) is 3. The van der Waals surface area contributed by atoms with Crippen LogP contribution in [-0.2, 0) is 17.8 Å². The largest absolute Gasteiger partial charge is 0.334 e. The molecule has 1 aliphatic heterocycles. The molecule has 0 radical (unpaired) electrons. The molecule has 3 rings (SSSR count). The third kappa shape index (κ3) is 4.25. The Labute approximate surface area is 147 Å². The van der Waals surface area contributed by atoms with Gasteiger partial charge in [0, 0.05) is 30.8 Å². The number of aryl methyl sites for hydroxylation is 1. The van der Waals surface area contributed by atoms with E-state index < -0.39 is 0 Å². The number of amides is 2. The maximum absolute atomic E-state index is 13.0. The van der Waals surface area contributed by atoms with Gasteiger partial charge in [0.25, 0.3) is 5.91 Å². The summed E-state index contributed by atoms with van der Waals surface area (Å²) < 4.78 is 0. The van der Waals surface area contributed by atoms with E-state index in [1.807, 2.05) is 47.4 Å². The van der Waals surface area contributed by atoms with Crippen molar-refractivity contribution < 1.29 is 9.59 Å². The normalized spacial score (nSPS) is 13.1. The van der Waals surface area contributed by atoms with Crippen LogP contribution in [0.3, 0.4) is 0 Å². The second-order valence-corrected chi connectivity index (χ2v) is 6.27. The third-order valence-corrected chi connectivity index (χ3v) is 4.38. The predicted octanol–water partition coefficient (Wildman–Crippen LogP) is 2.56. The van der Waals surface area contributed by atoms with Crippen molar-refractivity contribution in [3.05, 3.63) is 65.2 Å². The van der Waals surface area contributed by atoms with E-state index in [-0.39, 0.29) is 11.8 Å². The van der Waals surface area contributed by atoms with Crippen molar-refractivity contribution in [1.29, 1.82) is 0 Å². The maximum Gasteiger partial charge on any atom is 0.254 e. The molecule has 2 aromatic rings. The first-order valence-electron chi connectivity index (χ1n) is 8.63. The van der Waals surface area contributed by atoms with Crippen molar-refractivity contribution in [1.82, 2.24) is 4.90 Å². The number of carbonyl (C=O) groups is 2. The lowest BCUT2D eigenvalue weighted by Crippen LogP contribution is -2.32. The SMILES string of the molecule is NCCCN(Cc1ccccc1)C(=O)c1ccc2c(c1)CCC(=O)N2. The van der Waals surface area contributed by atoms with Crippen LogP contribution in [0, 0.1) is 0 Å². The van der Waals surface area contributed by atoms with Crippen molar-refractivity contribution in [3.63, 3.8) is 0 Å². The summed E-state index contributed by atoms with van der Waals surface area (Å²) in [5, 5.41) is 2.85. The van der Waals surface area contributed by atoms with Gasteiger partial charge in [-0.3, -0.25) is 9.59 Å². The summed E-state index contributed by atoms with van der Waals surface area (Å²) in [6, 6.07) is 15.5. The lowest BCUT2D eigenvalue weighted by molar-refractivity contribution is -0.116. The van der Waals surface area contributed by atoms with E-state index in [2.05, 4.69) is 5.32 Å². The number of nitrogens with one attached hydrogen (secondary N) is 1. The van der Waals surface area contributed by atoms with Gasteiger partial charge in [0.1, 0.15) is 0 Å². The zero-order chi connectivity index (χ0) is 17.6. The zero-order valence-electron chi connectivity index (χ0n) is 14.2. The molecule has 5 nitrogen and oxygen atoms in total. The van der Waals surface area contributed by atoms with E-state index in [4.69, 9.17) is 5.73 Å². The van der Waals surface area contributed by atoms with Crippen LogP contribution in [0.4, 0.5) is 5.69 Å². The fourth-order valence-corrected chi connectivity index (χ4v) is 3.04. The first-order valence-corrected chi connectivity index (χ1v) is 8.63. The van der Waals surface area contributed by atoms with Crippen LogP contribution >= 0.6 is 0 Å². The summed E-state index contributed by atoms with van der Waals surface area (Å²) in [6.45, 7) is 1.74. The molecule has 3 N–H and O–H groups in total. The number of rotatable bonds is 6. The summed E-state index contributed by atoms with van der Waals surface area (Å²) in [5.41, 5.74) is 9.21. The highest BCUT2D eigenvalue weighted by atomic mass is 16.2. The van der Waals surface area contributed by atoms with Gasteiger partial charge in [0.15, 0.2) is 0 Å². The summed E-state index contributed by atoms with van der Waals surface area (Å²) >= 11 is 0. The zero-order valence-corrected chi connectivity index (χ0v) is 14.2. The van der Waals surface area contributed by atoms with Crippen molar-refractivity contribution >= 4 is 17.5 Å². The number of carbonyl (C=O) groups excluding carboxylic acids is 2. The first-order chi connectivity index (χ1) is 12.2. The van der Waals surface area contributed by atoms with E-state index >= 15 is 0 Å². The van der Waals surface area contributed by atoms with E-state index in [9.17, 15) is 9.59 Å². The minimum absolute atomic E-state index is 0.00277. The maximum atomic E-state index is 13.0. The Kier molecular flexibility index (Phi) is 5.46. The number of anilines is 1. The lowest BCUT2D eigenvalue weighted by atomic mass is 9.99. The van der Waals surface area contributed by atoms with E-state index in [1.54, 1.807) is 6.07 Å². The number of fused-ring (bicyclic) bond motifs is 1. The van der Waals surface area contributed by atoms with Crippen molar-refractivity contribution in [2.75, 3.05) is 18.4 Å². The highest BCUT2D eigenvalue weighted by molar-refractivity contribution is 5.98. The molecule has 0 aliphatic carbocycles. The quantitative estimate of drug-likeness (QED) is 0.850. The lowest BCUT2D eigenvalue weighted by Gasteiger charge is -2.24. The Morgan fingerprint density at radius 2 is 1.92 bits per heavy atom. The van der Waals surface area contributed by atoms with Gasteiger partial charge < -0.3 is 16.0 Å². The third-order valence-electron chi connectivity index (χ3n) is 4.38. The molecule has 1 aliphatic rings. The molecule has 2 aromatic carbocycles. The molecule has 0 atom stereocenters. The highest BCUT2D eigenvalue weighted by Gasteiger charge is 2.20. The highest BCUT2D eigenvalue weighted by Crippen LogP contribution is 2.24. The van der Waals surface area contributed by atoms with Crippen molar-refractivity contribution in [2.24, 2.45) is 5.73 Å². The fraction of sp³-hybridized carbons (Fsp3) is 0.300. The van der Waals surface area contributed by atoms with Gasteiger partial charge in [-0.25, -0.2) is 0 Å². The van der Waals surface area contributed by atoms with Crippen molar-refractivity contribution in [3.8, 4) is 0 Å². The van der Waals surface area contributed by atoms with Gasteiger partial charge in [-0.1, -0.05) is 30.3 Å². The molecule has 2 amide bonds. The standard InChI is InChI=1S/C20H23N3O2/c21-11-4-12-23(14-15-5-2-1-3-6-15)20(25)17-7-9-18-16(13-17)8-10-19(24)22-18/h1-3,5-7,9,13H,4,8,10-12,14,21H2,(H,22,24). The average Bonchev–Trinajstić information content (AvgIpc) is 2.65. The van der Waals surface area contributed by atoms with E-state index in [0.717, 1.165) is 23.2 Å². The summed E-state index contributed by atoms with van der Waals surface area (Å²) in [6.07, 6.45) is 1.90. The molecule has 0 fully saturated rings. The molecule has 0 spiro atoms. The molecule has 0 saturated carbocycles. The van der Waals surface area contributed by atoms with Gasteiger partial charge in [0.2, 0.25) is 5.91 Å². The first kappa shape index (κ1) is 17.2. The molecule has 0 saturated heterocycles. The molecule has 0 unspecified atom stereocenters.